The molecule has 0 radical (unpaired) electrons. The van der Waals surface area contributed by atoms with Gasteiger partial charge in [0, 0.05) is 38.4 Å². The Hall–Kier alpha value is -2.35. The van der Waals surface area contributed by atoms with Gasteiger partial charge in [-0.3, -0.25) is 14.4 Å². The van der Waals surface area contributed by atoms with Gasteiger partial charge in [0.15, 0.2) is 5.69 Å². The van der Waals surface area contributed by atoms with E-state index in [1.807, 2.05) is 12.1 Å². The summed E-state index contributed by atoms with van der Waals surface area (Å²) in [6, 6.07) is 9.18. The van der Waals surface area contributed by atoms with Gasteiger partial charge < -0.3 is 4.90 Å². The van der Waals surface area contributed by atoms with Gasteiger partial charge in [0.05, 0.1) is 0 Å². The summed E-state index contributed by atoms with van der Waals surface area (Å²) in [5, 5.41) is 3.53. The highest BCUT2D eigenvalue weighted by Gasteiger charge is 2.34. The lowest BCUT2D eigenvalue weighted by molar-refractivity contribution is -0.142. The summed E-state index contributed by atoms with van der Waals surface area (Å²) in [5.41, 5.74) is 1.87. The van der Waals surface area contributed by atoms with E-state index in [9.17, 15) is 18.0 Å². The monoisotopic (exact) mass is 380 g/mol. The van der Waals surface area contributed by atoms with Crippen molar-refractivity contribution >= 4 is 5.91 Å². The van der Waals surface area contributed by atoms with Crippen molar-refractivity contribution in [3.05, 3.63) is 52.8 Å². The van der Waals surface area contributed by atoms with Gasteiger partial charge in [0.25, 0.3) is 0 Å². The van der Waals surface area contributed by atoms with E-state index in [0.29, 0.717) is 18.8 Å². The predicted molar refractivity (Wildman–Crippen MR) is 95.0 cm³/mol. The van der Waals surface area contributed by atoms with Crippen LogP contribution in [0.4, 0.5) is 13.2 Å². The molecule has 8 heteroatoms. The van der Waals surface area contributed by atoms with Gasteiger partial charge >= 0.3 is 6.18 Å². The van der Waals surface area contributed by atoms with Gasteiger partial charge in [-0.25, -0.2) is 0 Å². The molecule has 2 aromatic rings. The summed E-state index contributed by atoms with van der Waals surface area (Å²) < 4.78 is 39.4. The first kappa shape index (κ1) is 19.4. The molecule has 2 heterocycles. The number of carbonyl (C=O) groups excluding carboxylic acids is 1. The van der Waals surface area contributed by atoms with Crippen LogP contribution in [0.25, 0.3) is 0 Å². The maximum Gasteiger partial charge on any atom is 0.435 e. The number of aryl methyl sites for hydroxylation is 2. The third kappa shape index (κ3) is 4.68. The van der Waals surface area contributed by atoms with Crippen LogP contribution in [0.1, 0.15) is 22.5 Å². The Morgan fingerprint density at radius 3 is 2.37 bits per heavy atom. The summed E-state index contributed by atoms with van der Waals surface area (Å²) >= 11 is 0. The average molecular weight is 380 g/mol. The molecule has 0 N–H and O–H groups in total. The molecule has 5 nitrogen and oxygen atoms in total. The highest BCUT2D eigenvalue weighted by Crippen LogP contribution is 2.28. The minimum atomic E-state index is -4.50. The normalized spacial score (nSPS) is 16.0. The second-order valence-electron chi connectivity index (χ2n) is 6.91. The van der Waals surface area contributed by atoms with Crippen molar-refractivity contribution in [3.8, 4) is 0 Å². The molecule has 1 aliphatic rings. The quantitative estimate of drug-likeness (QED) is 0.819. The van der Waals surface area contributed by atoms with Gasteiger partial charge in [-0.15, -0.1) is 0 Å². The lowest BCUT2D eigenvalue weighted by atomic mass is 10.1. The first-order valence-corrected chi connectivity index (χ1v) is 8.90. The van der Waals surface area contributed by atoms with Crippen LogP contribution in [0.5, 0.6) is 0 Å². The maximum absolute atomic E-state index is 12.7. The van der Waals surface area contributed by atoms with E-state index in [2.05, 4.69) is 29.1 Å². The SMILES string of the molecule is Cc1ccccc1CN1CCN(C(=O)Cn2nc(C(F)(F)F)cc2C)CC1. The summed E-state index contributed by atoms with van der Waals surface area (Å²) in [5.74, 6) is -0.203. The highest BCUT2D eigenvalue weighted by atomic mass is 19.4. The molecule has 1 aromatic carbocycles. The molecule has 0 aliphatic carbocycles. The highest BCUT2D eigenvalue weighted by molar-refractivity contribution is 5.76. The first-order chi connectivity index (χ1) is 12.7. The Bertz CT molecular complexity index is 808. The molecule has 1 fully saturated rings. The van der Waals surface area contributed by atoms with Crippen molar-refractivity contribution < 1.29 is 18.0 Å². The largest absolute Gasteiger partial charge is 0.435 e. The molecule has 0 spiro atoms. The molecule has 0 saturated carbocycles. The molecule has 1 amide bonds. The summed E-state index contributed by atoms with van der Waals surface area (Å²) in [6.45, 7) is 6.89. The lowest BCUT2D eigenvalue weighted by Gasteiger charge is -2.35. The second kappa shape index (κ2) is 7.72. The van der Waals surface area contributed by atoms with E-state index in [1.165, 1.54) is 18.1 Å². The number of alkyl halides is 3. The van der Waals surface area contributed by atoms with E-state index >= 15 is 0 Å². The van der Waals surface area contributed by atoms with Crippen molar-refractivity contribution in [2.45, 2.75) is 33.1 Å². The van der Waals surface area contributed by atoms with Crippen LogP contribution in [0.15, 0.2) is 30.3 Å². The molecule has 3 rings (SSSR count). The minimum Gasteiger partial charge on any atom is -0.339 e. The average Bonchev–Trinajstić information content (AvgIpc) is 2.98. The van der Waals surface area contributed by atoms with Crippen LogP contribution in [0, 0.1) is 13.8 Å². The zero-order valence-electron chi connectivity index (χ0n) is 15.5. The number of piperazine rings is 1. The topological polar surface area (TPSA) is 41.4 Å². The van der Waals surface area contributed by atoms with Gasteiger partial charge in [-0.05, 0) is 31.0 Å². The number of halogens is 3. The number of nitrogens with zero attached hydrogens (tertiary/aromatic N) is 4. The van der Waals surface area contributed by atoms with Crippen molar-refractivity contribution in [2.24, 2.45) is 0 Å². The van der Waals surface area contributed by atoms with Crippen LogP contribution in [0.3, 0.4) is 0 Å². The summed E-state index contributed by atoms with van der Waals surface area (Å²) in [7, 11) is 0. The molecule has 1 saturated heterocycles. The van der Waals surface area contributed by atoms with Gasteiger partial charge in [-0.1, -0.05) is 24.3 Å². The smallest absolute Gasteiger partial charge is 0.339 e. The molecule has 0 unspecified atom stereocenters. The Kier molecular flexibility index (Phi) is 5.55. The summed E-state index contributed by atoms with van der Waals surface area (Å²) in [6.07, 6.45) is -4.50. The third-order valence-corrected chi connectivity index (χ3v) is 4.94. The molecular formula is C19H23F3N4O. The van der Waals surface area contributed by atoms with E-state index in [4.69, 9.17) is 0 Å². The third-order valence-electron chi connectivity index (χ3n) is 4.94. The number of hydrogen-bond acceptors (Lipinski definition) is 3. The van der Waals surface area contributed by atoms with E-state index in [1.54, 1.807) is 4.90 Å². The molecule has 1 aliphatic heterocycles. The Morgan fingerprint density at radius 1 is 1.11 bits per heavy atom. The van der Waals surface area contributed by atoms with Crippen LogP contribution in [0.2, 0.25) is 0 Å². The number of rotatable bonds is 4. The van der Waals surface area contributed by atoms with E-state index < -0.39 is 11.9 Å². The van der Waals surface area contributed by atoms with Crippen molar-refractivity contribution in [3.63, 3.8) is 0 Å². The lowest BCUT2D eigenvalue weighted by Crippen LogP contribution is -2.49. The van der Waals surface area contributed by atoms with Gasteiger partial charge in [0.2, 0.25) is 5.91 Å². The fourth-order valence-electron chi connectivity index (χ4n) is 3.22. The van der Waals surface area contributed by atoms with E-state index in [0.717, 1.165) is 30.4 Å². The van der Waals surface area contributed by atoms with E-state index in [-0.39, 0.29) is 12.5 Å². The number of carbonyl (C=O) groups is 1. The molecule has 27 heavy (non-hydrogen) atoms. The van der Waals surface area contributed by atoms with Gasteiger partial charge in [0.1, 0.15) is 6.54 Å². The molecular weight excluding hydrogens is 357 g/mol. The predicted octanol–water partition coefficient (Wildman–Crippen LogP) is 2.86. The summed E-state index contributed by atoms with van der Waals surface area (Å²) in [4.78, 5) is 16.4. The fraction of sp³-hybridized carbons (Fsp3) is 0.474. The number of amides is 1. The number of hydrogen-bond donors (Lipinski definition) is 0. The zero-order valence-corrected chi connectivity index (χ0v) is 15.5. The van der Waals surface area contributed by atoms with Crippen LogP contribution in [-0.2, 0) is 24.1 Å². The molecule has 0 bridgehead atoms. The van der Waals surface area contributed by atoms with Crippen molar-refractivity contribution in [1.82, 2.24) is 19.6 Å². The van der Waals surface area contributed by atoms with Crippen LogP contribution < -0.4 is 0 Å². The van der Waals surface area contributed by atoms with Gasteiger partial charge in [-0.2, -0.15) is 18.3 Å². The van der Waals surface area contributed by atoms with Crippen LogP contribution in [-0.4, -0.2) is 51.7 Å². The Labute approximate surface area is 156 Å². The Balaban J connectivity index is 1.54. The molecule has 1 aromatic heterocycles. The first-order valence-electron chi connectivity index (χ1n) is 8.90. The number of benzene rings is 1. The zero-order chi connectivity index (χ0) is 19.6. The van der Waals surface area contributed by atoms with Crippen LogP contribution >= 0.6 is 0 Å². The standard InChI is InChI=1S/C19H23F3N4O/c1-14-5-3-4-6-16(14)12-24-7-9-25(10-8-24)18(27)13-26-15(2)11-17(23-26)19(20,21)22/h3-6,11H,7-10,12-13H2,1-2H3. The molecule has 0 atom stereocenters. The second-order valence-corrected chi connectivity index (χ2v) is 6.91. The Morgan fingerprint density at radius 2 is 1.78 bits per heavy atom. The van der Waals surface area contributed by atoms with Crippen molar-refractivity contribution in [2.75, 3.05) is 26.2 Å². The fourth-order valence-corrected chi connectivity index (χ4v) is 3.22. The molecule has 146 valence electrons. The number of aromatic nitrogens is 2. The maximum atomic E-state index is 12.7. The van der Waals surface area contributed by atoms with Crippen molar-refractivity contribution in [1.29, 1.82) is 0 Å². The minimum absolute atomic E-state index is 0.167.